The molecule has 0 saturated heterocycles. The number of hydroxylamine groups is 1. The summed E-state index contributed by atoms with van der Waals surface area (Å²) in [5, 5.41) is 19.2. The van der Waals surface area contributed by atoms with E-state index in [1.807, 2.05) is 62.4 Å². The lowest BCUT2D eigenvalue weighted by Gasteiger charge is -2.00. The first-order chi connectivity index (χ1) is 47.1. The van der Waals surface area contributed by atoms with Crippen LogP contribution in [0.1, 0.15) is 145 Å². The van der Waals surface area contributed by atoms with Crippen molar-refractivity contribution in [2.75, 3.05) is 34.2 Å². The van der Waals surface area contributed by atoms with E-state index in [1.165, 1.54) is 103 Å². The number of halogens is 1. The number of hydrogen-bond acceptors (Lipinski definition) is 22. The smallest absolute Gasteiger partial charge is 0.310 e. The van der Waals surface area contributed by atoms with E-state index in [1.54, 1.807) is 53.9 Å². The Morgan fingerprint density at radius 3 is 1.19 bits per heavy atom. The number of thiazole rings is 5. The van der Waals surface area contributed by atoms with Crippen LogP contribution in [0.4, 0.5) is 5.13 Å². The van der Waals surface area contributed by atoms with Gasteiger partial charge in [0, 0.05) is 76.6 Å². The lowest BCUT2D eigenvalue weighted by atomic mass is 10.1. The molecule has 9 aromatic rings. The number of ether oxygens (including phenoxy) is 4. The first-order valence-corrected chi connectivity index (χ1v) is 35.7. The summed E-state index contributed by atoms with van der Waals surface area (Å²) in [5.74, 6) is 7.40. The minimum absolute atomic E-state index is 0. The monoisotopic (exact) mass is 1520 g/mol. The molecule has 5 aromatic heterocycles. The van der Waals surface area contributed by atoms with Crippen molar-refractivity contribution in [3.05, 3.63) is 218 Å². The molecule has 0 aliphatic heterocycles. The molecule has 4 N–H and O–H groups in total. The van der Waals surface area contributed by atoms with E-state index in [0.717, 1.165) is 120 Å². The molecular formula is C76H99BrN8O10S5. The number of hydrogen-bond donors (Lipinski definition) is 3. The summed E-state index contributed by atoms with van der Waals surface area (Å²) >= 11 is 10.5. The zero-order chi connectivity index (χ0) is 71.1. The van der Waals surface area contributed by atoms with Crippen molar-refractivity contribution in [3.8, 4) is 30.3 Å². The Kier molecular flexibility index (Phi) is 56.2. The third-order valence-electron chi connectivity index (χ3n) is 12.4. The number of carbonyl (C=O) groups excluding carboxylic acids is 5. The van der Waals surface area contributed by atoms with E-state index in [9.17, 15) is 24.0 Å². The summed E-state index contributed by atoms with van der Waals surface area (Å²) in [6.45, 7) is 5.43. The maximum absolute atomic E-state index is 11.2. The van der Waals surface area contributed by atoms with Gasteiger partial charge in [-0.05, 0) is 108 Å². The number of nitrogens with one attached hydrogen (secondary N) is 1. The normalized spacial score (nSPS) is 9.23. The molecule has 0 fully saturated rings. The molecule has 0 aliphatic carbocycles. The Morgan fingerprint density at radius 2 is 0.830 bits per heavy atom. The molecule has 18 nitrogen and oxygen atoms in total. The van der Waals surface area contributed by atoms with Crippen LogP contribution < -0.4 is 11.2 Å². The van der Waals surface area contributed by atoms with Gasteiger partial charge in [0.2, 0.25) is 5.91 Å². The standard InChI is InChI=1S/C16H19NO2S.C16H15NO2S.C15H18N2O2S.C10H10.C6H6BrNO2S.C6H8N2O2S.C2H3N.C2H6.3CH4.H2/c2*1-19-16(18)11-14-12-17-15(20-14)10-6-5-9-13-7-3-2-4-8-13;18-14(17-19)10-13-11-16-15(20-13)9-5-4-8-12-6-2-1-3-7-12;1-2-3-7-10-8-5-4-6-9-10;2*1-10-5(9)2-4-3-8-6(7)11-4;1-2-3;1-2;;;;/h2-4,7-8,12H,5-6,9-11H2,1H3;2-4,7-8,12H,5,9,11H2,1H3;1-3,6-7,11,19H,4-5,8-10H2,(H,17,18);1,4-6,8-9H,3,7H2;3H,2H2,1H3;3H,2H2,1H3,(H2,7,8);1H3;1-2H3;3*1H4;1H. The highest BCUT2D eigenvalue weighted by molar-refractivity contribution is 9.11. The lowest BCUT2D eigenvalue weighted by Crippen LogP contribution is -2.20. The molecule has 4 aromatic carbocycles. The van der Waals surface area contributed by atoms with E-state index in [0.29, 0.717) is 18.0 Å². The molecule has 100 heavy (non-hydrogen) atoms. The van der Waals surface area contributed by atoms with Crippen LogP contribution in [0.2, 0.25) is 0 Å². The van der Waals surface area contributed by atoms with Gasteiger partial charge in [0.1, 0.15) is 0 Å². The molecule has 24 heteroatoms. The number of rotatable bonds is 24. The highest BCUT2D eigenvalue weighted by Gasteiger charge is 2.11. The topological polar surface area (TPSA) is 269 Å². The third kappa shape index (κ3) is 45.7. The Labute approximate surface area is 622 Å². The van der Waals surface area contributed by atoms with Gasteiger partial charge in [0.05, 0.1) is 76.6 Å². The molecule has 0 spiro atoms. The number of anilines is 1. The summed E-state index contributed by atoms with van der Waals surface area (Å²) in [5.41, 5.74) is 12.3. The van der Waals surface area contributed by atoms with Crippen LogP contribution in [0.3, 0.4) is 0 Å². The van der Waals surface area contributed by atoms with Crippen molar-refractivity contribution in [1.82, 2.24) is 30.4 Å². The summed E-state index contributed by atoms with van der Waals surface area (Å²) < 4.78 is 19.0. The molecule has 0 atom stereocenters. The van der Waals surface area contributed by atoms with Gasteiger partial charge < -0.3 is 24.7 Å². The molecule has 0 aliphatic rings. The highest BCUT2D eigenvalue weighted by Crippen LogP contribution is 2.21. The fourth-order valence-corrected chi connectivity index (χ4v) is 12.4. The lowest BCUT2D eigenvalue weighted by molar-refractivity contribution is -0.140. The Morgan fingerprint density at radius 1 is 0.500 bits per heavy atom. The average Bonchev–Trinajstić information content (AvgIpc) is 1.81. The third-order valence-corrected chi connectivity index (χ3v) is 17.7. The summed E-state index contributed by atoms with van der Waals surface area (Å²) in [6.07, 6.45) is 27.1. The SMILES string of the molecule is C.C.C.C#CCCc1ccccc1.CC.CC#N.COC(=O)Cc1cnc(Br)s1.COC(=O)Cc1cnc(C#CCCc2ccccc2)s1.COC(=O)Cc1cnc(CCCCc2ccccc2)s1.COC(=O)Cc1cnc(N)s1.O=C(Cc1cnc(CCCCc2ccccc2)s1)NO.[HH]. The number of unbranched alkanes of at least 4 members (excludes halogenated alkanes) is 2. The second-order valence-electron chi connectivity index (χ2n) is 19.6. The molecule has 540 valence electrons. The van der Waals surface area contributed by atoms with Crippen molar-refractivity contribution >= 4 is 108 Å². The molecule has 9 rings (SSSR count). The number of aryl methyl sites for hydroxylation is 6. The van der Waals surface area contributed by atoms with Gasteiger partial charge in [-0.2, -0.15) is 5.26 Å². The number of terminal acetylenes is 1. The van der Waals surface area contributed by atoms with Gasteiger partial charge in [0.15, 0.2) is 14.1 Å². The average molecular weight is 1520 g/mol. The number of methoxy groups -OCH3 is 4. The minimum Gasteiger partial charge on any atom is -0.469 e. The first kappa shape index (κ1) is 93.3. The zero-order valence-electron chi connectivity index (χ0n) is 55.8. The second kappa shape index (κ2) is 60.2. The van der Waals surface area contributed by atoms with Gasteiger partial charge in [-0.1, -0.05) is 163 Å². The van der Waals surface area contributed by atoms with Crippen LogP contribution in [0, 0.1) is 35.5 Å². The van der Waals surface area contributed by atoms with Crippen LogP contribution in [-0.2, 0) is 114 Å². The number of nitrogen functional groups attached to an aromatic ring is 1. The predicted octanol–water partition coefficient (Wildman–Crippen LogP) is 17.0. The Bertz CT molecular complexity index is 3600. The number of amides is 1. The number of carbonyl (C=O) groups is 5. The number of esters is 4. The molecule has 5 heterocycles. The molecule has 0 unspecified atom stereocenters. The van der Waals surface area contributed by atoms with E-state index >= 15 is 0 Å². The number of aromatic nitrogens is 5. The van der Waals surface area contributed by atoms with Crippen molar-refractivity contribution in [3.63, 3.8) is 0 Å². The molecule has 0 bridgehead atoms. The van der Waals surface area contributed by atoms with E-state index in [2.05, 4.69) is 150 Å². The van der Waals surface area contributed by atoms with Crippen LogP contribution in [0.15, 0.2) is 156 Å². The number of nitriles is 1. The molecular weight excluding hydrogens is 1430 g/mol. The van der Waals surface area contributed by atoms with Crippen LogP contribution in [0.25, 0.3) is 0 Å². The number of nitrogens with two attached hydrogens (primary N) is 1. The van der Waals surface area contributed by atoms with Crippen LogP contribution in [0.5, 0.6) is 0 Å². The van der Waals surface area contributed by atoms with Gasteiger partial charge in [0.25, 0.3) is 0 Å². The van der Waals surface area contributed by atoms with Gasteiger partial charge >= 0.3 is 23.9 Å². The van der Waals surface area contributed by atoms with Crippen LogP contribution in [-0.4, -0.2) is 88.4 Å². The largest absolute Gasteiger partial charge is 0.469 e. The van der Waals surface area contributed by atoms with Crippen molar-refractivity contribution in [2.45, 2.75) is 152 Å². The summed E-state index contributed by atoms with van der Waals surface area (Å²) in [7, 11) is 5.52. The maximum atomic E-state index is 11.2. The maximum Gasteiger partial charge on any atom is 0.310 e. The van der Waals surface area contributed by atoms with Crippen LogP contribution >= 0.6 is 72.6 Å². The zero-order valence-corrected chi connectivity index (χ0v) is 61.5. The molecule has 1 amide bonds. The van der Waals surface area contributed by atoms with Gasteiger partial charge in [-0.15, -0.1) is 69.0 Å². The number of nitrogens with zero attached hydrogens (tertiary/aromatic N) is 6. The van der Waals surface area contributed by atoms with E-state index < -0.39 is 5.91 Å². The van der Waals surface area contributed by atoms with Crippen molar-refractivity contribution in [2.24, 2.45) is 0 Å². The fraction of sp³-hybridized carbons (Fsp3) is 0.355. The fourth-order valence-electron chi connectivity index (χ4n) is 7.71. The van der Waals surface area contributed by atoms with Gasteiger partial charge in [-0.25, -0.2) is 30.4 Å². The quantitative estimate of drug-likeness (QED) is 0.0127. The van der Waals surface area contributed by atoms with Crippen molar-refractivity contribution < 1.29 is 49.6 Å². The highest BCUT2D eigenvalue weighted by atomic mass is 79.9. The first-order valence-electron chi connectivity index (χ1n) is 30.8. The van der Waals surface area contributed by atoms with E-state index in [4.69, 9.17) is 22.6 Å². The summed E-state index contributed by atoms with van der Waals surface area (Å²) in [4.78, 5) is 79.8. The molecule has 0 radical (unpaired) electrons. The number of benzene rings is 4. The molecule has 0 saturated carbocycles. The van der Waals surface area contributed by atoms with Gasteiger partial charge in [-0.3, -0.25) is 29.2 Å². The van der Waals surface area contributed by atoms with Crippen molar-refractivity contribution in [1.29, 1.82) is 5.26 Å². The second-order valence-corrected chi connectivity index (χ2v) is 26.7. The predicted molar refractivity (Wildman–Crippen MR) is 416 cm³/mol. The Hall–Kier alpha value is -8.77. The van der Waals surface area contributed by atoms with E-state index in [-0.39, 0.29) is 66.8 Å². The Balaban J connectivity index is -0.00000114. The summed E-state index contributed by atoms with van der Waals surface area (Å²) in [6, 6.07) is 43.3. The minimum atomic E-state index is -0.399.